The van der Waals surface area contributed by atoms with E-state index in [1.165, 1.54) is 5.56 Å². The molecular weight excluding hydrogens is 378 g/mol. The molecule has 6 nitrogen and oxygen atoms in total. The fourth-order valence-corrected chi connectivity index (χ4v) is 6.82. The van der Waals surface area contributed by atoms with Crippen LogP contribution < -0.4 is 11.1 Å². The molecule has 2 unspecified atom stereocenters. The third-order valence-corrected chi connectivity index (χ3v) is 8.11. The maximum absolute atomic E-state index is 13.1. The molecule has 0 spiro atoms. The van der Waals surface area contributed by atoms with Crippen molar-refractivity contribution in [2.45, 2.75) is 50.7 Å². The van der Waals surface area contributed by atoms with Crippen molar-refractivity contribution in [3.05, 3.63) is 35.9 Å². The minimum atomic E-state index is -0.406. The summed E-state index contributed by atoms with van der Waals surface area (Å²) in [7, 11) is 0. The molecule has 30 heavy (non-hydrogen) atoms. The normalized spacial score (nSPS) is 37.8. The average molecular weight is 412 g/mol. The number of rotatable bonds is 6. The predicted octanol–water partition coefficient (Wildman–Crippen LogP) is 1.73. The number of carbonyl (C=O) groups excluding carboxylic acids is 2. The van der Waals surface area contributed by atoms with Crippen molar-refractivity contribution in [2.75, 3.05) is 26.2 Å². The van der Waals surface area contributed by atoms with Crippen LogP contribution in [0.4, 0.5) is 0 Å². The summed E-state index contributed by atoms with van der Waals surface area (Å²) in [6, 6.07) is 10.6. The van der Waals surface area contributed by atoms with Crippen molar-refractivity contribution in [2.24, 2.45) is 28.9 Å². The van der Waals surface area contributed by atoms with Gasteiger partial charge in [0.15, 0.2) is 0 Å². The van der Waals surface area contributed by atoms with E-state index < -0.39 is 6.10 Å². The summed E-state index contributed by atoms with van der Waals surface area (Å²) in [6.07, 6.45) is 5.45. The van der Waals surface area contributed by atoms with Gasteiger partial charge in [0.25, 0.3) is 5.91 Å². The Hall–Kier alpha value is -1.92. The average Bonchev–Trinajstić information content (AvgIpc) is 2.75. The smallest absolute Gasteiger partial charge is 0.250 e. The van der Waals surface area contributed by atoms with E-state index >= 15 is 0 Å². The van der Waals surface area contributed by atoms with E-state index in [9.17, 15) is 9.59 Å². The van der Waals surface area contributed by atoms with Crippen molar-refractivity contribution < 1.29 is 14.3 Å². The van der Waals surface area contributed by atoms with Gasteiger partial charge in [-0.1, -0.05) is 30.3 Å². The second-order valence-electron chi connectivity index (χ2n) is 10.0. The Balaban J connectivity index is 1.17. The molecule has 1 aliphatic heterocycles. The first kappa shape index (κ1) is 20.0. The highest BCUT2D eigenvalue weighted by molar-refractivity contribution is 5.83. The molecule has 4 bridgehead atoms. The molecule has 5 fully saturated rings. The predicted molar refractivity (Wildman–Crippen MR) is 113 cm³/mol. The highest BCUT2D eigenvalue weighted by Gasteiger charge is 2.58. The zero-order valence-corrected chi connectivity index (χ0v) is 17.6. The first-order chi connectivity index (χ1) is 14.5. The summed E-state index contributed by atoms with van der Waals surface area (Å²) in [5, 5.41) is 3.34. The highest BCUT2D eigenvalue weighted by atomic mass is 16.5. The zero-order chi connectivity index (χ0) is 20.7. The Bertz CT molecular complexity index is 782. The van der Waals surface area contributed by atoms with Gasteiger partial charge in [-0.05, 0) is 61.8 Å². The van der Waals surface area contributed by atoms with Crippen LogP contribution in [0.25, 0.3) is 0 Å². The Morgan fingerprint density at radius 3 is 2.57 bits per heavy atom. The third-order valence-electron chi connectivity index (χ3n) is 8.11. The number of nitrogens with one attached hydrogen (secondary N) is 1. The van der Waals surface area contributed by atoms with Crippen LogP contribution in [0.3, 0.4) is 0 Å². The standard InChI is InChI=1S/C24H33N3O3/c25-23(29)24-12-17-10-18(13-24)21(19(11-17)14-24)26-22(28)20-15-27(8-9-30-20)7-6-16-4-2-1-3-5-16/h1-5,17-21H,6-15H2,(H2,25,29)(H,26,28)/t17?,18?,19?,20-,21?,24?/m1/s1. The van der Waals surface area contributed by atoms with Gasteiger partial charge in [-0.3, -0.25) is 14.5 Å². The topological polar surface area (TPSA) is 84.7 Å². The van der Waals surface area contributed by atoms with E-state index in [4.69, 9.17) is 10.5 Å². The van der Waals surface area contributed by atoms with Gasteiger partial charge in [0, 0.05) is 31.1 Å². The van der Waals surface area contributed by atoms with E-state index in [2.05, 4.69) is 34.5 Å². The number of hydrogen-bond acceptors (Lipinski definition) is 4. The minimum absolute atomic E-state index is 0.0185. The van der Waals surface area contributed by atoms with Crippen LogP contribution in [-0.2, 0) is 20.7 Å². The summed E-state index contributed by atoms with van der Waals surface area (Å²) < 4.78 is 5.85. The second kappa shape index (κ2) is 7.97. The Kier molecular flexibility index (Phi) is 5.31. The third kappa shape index (κ3) is 3.76. The zero-order valence-electron chi connectivity index (χ0n) is 17.6. The molecule has 0 aromatic heterocycles. The van der Waals surface area contributed by atoms with Gasteiger partial charge in [0.05, 0.1) is 6.61 Å². The number of carbonyl (C=O) groups is 2. The molecule has 4 saturated carbocycles. The maximum Gasteiger partial charge on any atom is 0.250 e. The molecule has 3 atom stereocenters. The van der Waals surface area contributed by atoms with E-state index in [1.807, 2.05) is 6.07 Å². The van der Waals surface area contributed by atoms with Crippen LogP contribution in [0.15, 0.2) is 30.3 Å². The Morgan fingerprint density at radius 2 is 1.87 bits per heavy atom. The molecular formula is C24H33N3O3. The van der Waals surface area contributed by atoms with Gasteiger partial charge in [-0.15, -0.1) is 0 Å². The summed E-state index contributed by atoms with van der Waals surface area (Å²) in [5.41, 5.74) is 6.80. The molecule has 1 heterocycles. The minimum Gasteiger partial charge on any atom is -0.369 e. The molecule has 1 aromatic carbocycles. The van der Waals surface area contributed by atoms with Crippen molar-refractivity contribution in [1.82, 2.24) is 10.2 Å². The fraction of sp³-hybridized carbons (Fsp3) is 0.667. The van der Waals surface area contributed by atoms with Gasteiger partial charge in [0.2, 0.25) is 5.91 Å². The van der Waals surface area contributed by atoms with Crippen molar-refractivity contribution in [1.29, 1.82) is 0 Å². The number of morpholine rings is 1. The lowest BCUT2D eigenvalue weighted by atomic mass is 9.47. The Morgan fingerprint density at radius 1 is 1.13 bits per heavy atom. The summed E-state index contributed by atoms with van der Waals surface area (Å²) in [4.78, 5) is 27.5. The monoisotopic (exact) mass is 411 g/mol. The van der Waals surface area contributed by atoms with Crippen molar-refractivity contribution in [3.63, 3.8) is 0 Å². The molecule has 2 amide bonds. The SMILES string of the molecule is NC(=O)C12CC3CC(C1)C(NC(=O)[C@H]1CN(CCc4ccccc4)CCO1)C(C3)C2. The lowest BCUT2D eigenvalue weighted by Gasteiger charge is -2.59. The van der Waals surface area contributed by atoms with E-state index in [0.29, 0.717) is 30.9 Å². The van der Waals surface area contributed by atoms with Crippen LogP contribution in [0, 0.1) is 23.2 Å². The van der Waals surface area contributed by atoms with Crippen molar-refractivity contribution >= 4 is 11.8 Å². The van der Waals surface area contributed by atoms with Gasteiger partial charge in [-0.25, -0.2) is 0 Å². The molecule has 3 N–H and O–H groups in total. The lowest BCUT2D eigenvalue weighted by molar-refractivity contribution is -0.151. The van der Waals surface area contributed by atoms with Gasteiger partial charge in [-0.2, -0.15) is 0 Å². The van der Waals surface area contributed by atoms with Crippen LogP contribution in [-0.4, -0.2) is 55.1 Å². The van der Waals surface area contributed by atoms with Crippen LogP contribution in [0.5, 0.6) is 0 Å². The van der Waals surface area contributed by atoms with Gasteiger partial charge >= 0.3 is 0 Å². The maximum atomic E-state index is 13.1. The molecule has 6 rings (SSSR count). The largest absolute Gasteiger partial charge is 0.369 e. The first-order valence-corrected chi connectivity index (χ1v) is 11.5. The van der Waals surface area contributed by atoms with E-state index in [-0.39, 0.29) is 23.3 Å². The second-order valence-corrected chi connectivity index (χ2v) is 10.0. The number of benzene rings is 1. The summed E-state index contributed by atoms with van der Waals surface area (Å²) in [6.45, 7) is 3.05. The van der Waals surface area contributed by atoms with Crippen LogP contribution >= 0.6 is 0 Å². The molecule has 1 aromatic rings. The molecule has 4 aliphatic carbocycles. The first-order valence-electron chi connectivity index (χ1n) is 11.5. The fourth-order valence-electron chi connectivity index (χ4n) is 6.82. The van der Waals surface area contributed by atoms with Crippen LogP contribution in [0.2, 0.25) is 0 Å². The molecule has 1 saturated heterocycles. The van der Waals surface area contributed by atoms with E-state index in [1.54, 1.807) is 0 Å². The number of nitrogens with two attached hydrogens (primary N) is 1. The quantitative estimate of drug-likeness (QED) is 0.747. The molecule has 162 valence electrons. The number of primary amides is 1. The van der Waals surface area contributed by atoms with Gasteiger partial charge in [0.1, 0.15) is 6.10 Å². The van der Waals surface area contributed by atoms with Crippen LogP contribution in [0.1, 0.15) is 37.7 Å². The van der Waals surface area contributed by atoms with E-state index in [0.717, 1.165) is 51.6 Å². The number of nitrogens with zero attached hydrogens (tertiary/aromatic N) is 1. The number of hydrogen-bond donors (Lipinski definition) is 2. The summed E-state index contributed by atoms with van der Waals surface area (Å²) in [5.74, 6) is 1.25. The highest BCUT2D eigenvalue weighted by Crippen LogP contribution is 2.59. The molecule has 0 radical (unpaired) electrons. The Labute approximate surface area is 178 Å². The number of amides is 2. The number of ether oxygens (including phenoxy) is 1. The van der Waals surface area contributed by atoms with Gasteiger partial charge < -0.3 is 15.8 Å². The molecule has 6 heteroatoms. The lowest BCUT2D eigenvalue weighted by Crippen LogP contribution is -2.63. The molecule has 5 aliphatic rings. The summed E-state index contributed by atoms with van der Waals surface area (Å²) >= 11 is 0. The van der Waals surface area contributed by atoms with Crippen molar-refractivity contribution in [3.8, 4) is 0 Å².